The Morgan fingerprint density at radius 3 is 3.00 bits per heavy atom. The summed E-state index contributed by atoms with van der Waals surface area (Å²) in [5.41, 5.74) is 1.01. The van der Waals surface area contributed by atoms with Gasteiger partial charge in [0, 0.05) is 23.6 Å². The SMILES string of the molecule is CN(Cc1cc(F)ccc1Br)CC1CCCCN1. The van der Waals surface area contributed by atoms with Crippen molar-refractivity contribution in [3.63, 3.8) is 0 Å². The molecule has 0 aromatic heterocycles. The van der Waals surface area contributed by atoms with Gasteiger partial charge in [0.15, 0.2) is 0 Å². The number of nitrogens with zero attached hydrogens (tertiary/aromatic N) is 1. The molecule has 1 atom stereocenters. The molecule has 0 amide bonds. The lowest BCUT2D eigenvalue weighted by Crippen LogP contribution is -2.42. The van der Waals surface area contributed by atoms with Crippen molar-refractivity contribution >= 4 is 15.9 Å². The summed E-state index contributed by atoms with van der Waals surface area (Å²) in [6.45, 7) is 2.92. The van der Waals surface area contributed by atoms with Crippen LogP contribution in [0.3, 0.4) is 0 Å². The van der Waals surface area contributed by atoms with E-state index in [4.69, 9.17) is 0 Å². The summed E-state index contributed by atoms with van der Waals surface area (Å²) in [7, 11) is 2.09. The molecule has 100 valence electrons. The fourth-order valence-corrected chi connectivity index (χ4v) is 2.85. The van der Waals surface area contributed by atoms with Crippen LogP contribution in [0.5, 0.6) is 0 Å². The van der Waals surface area contributed by atoms with E-state index >= 15 is 0 Å². The first-order valence-corrected chi connectivity index (χ1v) is 7.30. The highest BCUT2D eigenvalue weighted by molar-refractivity contribution is 9.10. The molecule has 1 heterocycles. The number of rotatable bonds is 4. The predicted molar refractivity (Wildman–Crippen MR) is 76.1 cm³/mol. The Bertz CT molecular complexity index is 391. The molecular formula is C14H20BrFN2. The van der Waals surface area contributed by atoms with Gasteiger partial charge in [-0.25, -0.2) is 4.39 Å². The minimum atomic E-state index is -0.169. The molecule has 1 N–H and O–H groups in total. The number of halogens is 2. The molecule has 0 spiro atoms. The van der Waals surface area contributed by atoms with Crippen LogP contribution in [-0.4, -0.2) is 31.1 Å². The highest BCUT2D eigenvalue weighted by atomic mass is 79.9. The Kier molecular flexibility index (Phi) is 5.15. The molecule has 1 aromatic carbocycles. The van der Waals surface area contributed by atoms with Crippen LogP contribution < -0.4 is 5.32 Å². The summed E-state index contributed by atoms with van der Waals surface area (Å²) in [5, 5.41) is 3.53. The summed E-state index contributed by atoms with van der Waals surface area (Å²) in [4.78, 5) is 2.25. The maximum absolute atomic E-state index is 13.2. The molecule has 0 bridgehead atoms. The van der Waals surface area contributed by atoms with E-state index in [1.165, 1.54) is 25.3 Å². The van der Waals surface area contributed by atoms with E-state index < -0.39 is 0 Å². The largest absolute Gasteiger partial charge is 0.313 e. The van der Waals surface area contributed by atoms with Gasteiger partial charge in [-0.3, -0.25) is 0 Å². The molecule has 0 saturated carbocycles. The van der Waals surface area contributed by atoms with E-state index in [2.05, 4.69) is 33.2 Å². The van der Waals surface area contributed by atoms with Gasteiger partial charge in [-0.05, 0) is 50.2 Å². The maximum Gasteiger partial charge on any atom is 0.123 e. The van der Waals surface area contributed by atoms with Crippen molar-refractivity contribution in [1.29, 1.82) is 0 Å². The zero-order chi connectivity index (χ0) is 13.0. The van der Waals surface area contributed by atoms with E-state index in [0.717, 1.165) is 29.7 Å². The zero-order valence-electron chi connectivity index (χ0n) is 10.8. The standard InChI is InChI=1S/C14H20BrFN2/c1-18(10-13-4-2-3-7-17-13)9-11-8-12(16)5-6-14(11)15/h5-6,8,13,17H,2-4,7,9-10H2,1H3. The summed E-state index contributed by atoms with van der Waals surface area (Å²) >= 11 is 3.48. The number of hydrogen-bond acceptors (Lipinski definition) is 2. The lowest BCUT2D eigenvalue weighted by molar-refractivity contribution is 0.256. The van der Waals surface area contributed by atoms with E-state index in [-0.39, 0.29) is 5.82 Å². The Balaban J connectivity index is 1.89. The lowest BCUT2D eigenvalue weighted by Gasteiger charge is -2.28. The molecule has 2 nitrogen and oxygen atoms in total. The monoisotopic (exact) mass is 314 g/mol. The molecule has 1 aliphatic heterocycles. The quantitative estimate of drug-likeness (QED) is 0.918. The van der Waals surface area contributed by atoms with Gasteiger partial charge in [0.05, 0.1) is 0 Å². The van der Waals surface area contributed by atoms with Gasteiger partial charge in [0.2, 0.25) is 0 Å². The van der Waals surface area contributed by atoms with Crippen LogP contribution in [0, 0.1) is 5.82 Å². The predicted octanol–water partition coefficient (Wildman–Crippen LogP) is 3.16. The van der Waals surface area contributed by atoms with Gasteiger partial charge in [-0.1, -0.05) is 22.4 Å². The molecule has 18 heavy (non-hydrogen) atoms. The van der Waals surface area contributed by atoms with Crippen LogP contribution >= 0.6 is 15.9 Å². The third kappa shape index (κ3) is 4.04. The van der Waals surface area contributed by atoms with Crippen molar-refractivity contribution in [2.75, 3.05) is 20.1 Å². The minimum Gasteiger partial charge on any atom is -0.313 e. The van der Waals surface area contributed by atoms with E-state index in [9.17, 15) is 4.39 Å². The van der Waals surface area contributed by atoms with Crippen LogP contribution in [0.2, 0.25) is 0 Å². The molecule has 1 saturated heterocycles. The van der Waals surface area contributed by atoms with Gasteiger partial charge in [0.25, 0.3) is 0 Å². The summed E-state index contributed by atoms with van der Waals surface area (Å²) in [5.74, 6) is -0.169. The Labute approximate surface area is 117 Å². The molecule has 1 aliphatic rings. The van der Waals surface area contributed by atoms with Crippen LogP contribution in [0.25, 0.3) is 0 Å². The van der Waals surface area contributed by atoms with E-state index in [0.29, 0.717) is 6.04 Å². The molecule has 4 heteroatoms. The van der Waals surface area contributed by atoms with Crippen molar-refractivity contribution < 1.29 is 4.39 Å². The normalized spacial score (nSPS) is 20.3. The Morgan fingerprint density at radius 2 is 2.28 bits per heavy atom. The first-order chi connectivity index (χ1) is 8.65. The third-order valence-corrected chi connectivity index (χ3v) is 4.17. The Morgan fingerprint density at radius 1 is 1.44 bits per heavy atom. The molecule has 0 aliphatic carbocycles. The fourth-order valence-electron chi connectivity index (χ4n) is 2.48. The lowest BCUT2D eigenvalue weighted by atomic mass is 10.0. The highest BCUT2D eigenvalue weighted by Gasteiger charge is 2.15. The maximum atomic E-state index is 13.2. The van der Waals surface area contributed by atoms with Gasteiger partial charge in [-0.15, -0.1) is 0 Å². The fraction of sp³-hybridized carbons (Fsp3) is 0.571. The average Bonchev–Trinajstić information content (AvgIpc) is 2.35. The molecule has 2 rings (SSSR count). The Hall–Kier alpha value is -0.450. The summed E-state index contributed by atoms with van der Waals surface area (Å²) < 4.78 is 14.2. The number of piperidine rings is 1. The smallest absolute Gasteiger partial charge is 0.123 e. The first-order valence-electron chi connectivity index (χ1n) is 6.51. The highest BCUT2D eigenvalue weighted by Crippen LogP contribution is 2.19. The van der Waals surface area contributed by atoms with Crippen LogP contribution in [0.4, 0.5) is 4.39 Å². The molecular weight excluding hydrogens is 295 g/mol. The van der Waals surface area contributed by atoms with Crippen molar-refractivity contribution in [2.24, 2.45) is 0 Å². The van der Waals surface area contributed by atoms with Gasteiger partial charge in [-0.2, -0.15) is 0 Å². The minimum absolute atomic E-state index is 0.169. The van der Waals surface area contributed by atoms with Gasteiger partial charge >= 0.3 is 0 Å². The average molecular weight is 315 g/mol. The molecule has 1 fully saturated rings. The number of hydrogen-bond donors (Lipinski definition) is 1. The van der Waals surface area contributed by atoms with Crippen molar-refractivity contribution in [3.8, 4) is 0 Å². The second-order valence-electron chi connectivity index (χ2n) is 5.08. The zero-order valence-corrected chi connectivity index (χ0v) is 12.3. The molecule has 1 unspecified atom stereocenters. The second kappa shape index (κ2) is 6.64. The second-order valence-corrected chi connectivity index (χ2v) is 5.93. The van der Waals surface area contributed by atoms with Gasteiger partial charge in [0.1, 0.15) is 5.82 Å². The van der Waals surface area contributed by atoms with Crippen molar-refractivity contribution in [1.82, 2.24) is 10.2 Å². The van der Waals surface area contributed by atoms with Crippen molar-refractivity contribution in [3.05, 3.63) is 34.1 Å². The number of likely N-dealkylation sites (N-methyl/N-ethyl adjacent to an activating group) is 1. The summed E-state index contributed by atoms with van der Waals surface area (Å²) in [6.07, 6.45) is 3.85. The third-order valence-electron chi connectivity index (χ3n) is 3.39. The van der Waals surface area contributed by atoms with E-state index in [1.54, 1.807) is 12.1 Å². The van der Waals surface area contributed by atoms with Crippen molar-refractivity contribution in [2.45, 2.75) is 31.8 Å². The topological polar surface area (TPSA) is 15.3 Å². The van der Waals surface area contributed by atoms with Gasteiger partial charge < -0.3 is 10.2 Å². The summed E-state index contributed by atoms with van der Waals surface area (Å²) in [6, 6.07) is 5.44. The number of nitrogens with one attached hydrogen (secondary N) is 1. The first kappa shape index (κ1) is 14.0. The molecule has 0 radical (unpaired) electrons. The molecule has 1 aromatic rings. The number of benzene rings is 1. The van der Waals surface area contributed by atoms with E-state index in [1.807, 2.05) is 0 Å². The van der Waals surface area contributed by atoms with Crippen LogP contribution in [-0.2, 0) is 6.54 Å². The van der Waals surface area contributed by atoms with Crippen LogP contribution in [0.15, 0.2) is 22.7 Å². The van der Waals surface area contributed by atoms with Crippen LogP contribution in [0.1, 0.15) is 24.8 Å².